The minimum atomic E-state index is -4.40. The summed E-state index contributed by atoms with van der Waals surface area (Å²) < 4.78 is 38.1. The minimum absolute atomic E-state index is 0.0124. The highest BCUT2D eigenvalue weighted by molar-refractivity contribution is 6.01. The Morgan fingerprint density at radius 3 is 2.69 bits per heavy atom. The van der Waals surface area contributed by atoms with Gasteiger partial charge in [-0.2, -0.15) is 18.3 Å². The van der Waals surface area contributed by atoms with Gasteiger partial charge in [0.2, 0.25) is 0 Å². The summed E-state index contributed by atoms with van der Waals surface area (Å²) in [5.41, 5.74) is 7.66. The maximum absolute atomic E-state index is 12.7. The van der Waals surface area contributed by atoms with Crippen LogP contribution in [0.25, 0.3) is 0 Å². The Labute approximate surface area is 90.3 Å². The number of fused-ring (bicyclic) bond motifs is 1. The van der Waals surface area contributed by atoms with Gasteiger partial charge in [0.15, 0.2) is 5.84 Å². The molecule has 4 nitrogen and oxygen atoms in total. The maximum Gasteiger partial charge on any atom is 0.418 e. The van der Waals surface area contributed by atoms with E-state index in [0.29, 0.717) is 5.84 Å². The third kappa shape index (κ3) is 1.43. The highest BCUT2D eigenvalue weighted by atomic mass is 19.4. The number of hydrogen-bond acceptors (Lipinski definition) is 4. The second-order valence-corrected chi connectivity index (χ2v) is 3.73. The van der Waals surface area contributed by atoms with Crippen molar-refractivity contribution in [3.8, 4) is 0 Å². The van der Waals surface area contributed by atoms with E-state index < -0.39 is 11.7 Å². The molecule has 2 heterocycles. The first-order chi connectivity index (χ1) is 7.32. The first-order valence-corrected chi connectivity index (χ1v) is 4.70. The van der Waals surface area contributed by atoms with Crippen LogP contribution in [0.4, 0.5) is 13.2 Å². The predicted octanol–water partition coefficient (Wildman–Crippen LogP) is 1.24. The third-order valence-electron chi connectivity index (χ3n) is 2.64. The predicted molar refractivity (Wildman–Crippen MR) is 52.9 cm³/mol. The fourth-order valence-electron chi connectivity index (χ4n) is 1.66. The lowest BCUT2D eigenvalue weighted by atomic mass is 10.0. The van der Waals surface area contributed by atoms with Gasteiger partial charge in [-0.05, 0) is 19.4 Å². The number of amidine groups is 1. The van der Waals surface area contributed by atoms with Gasteiger partial charge in [0.25, 0.3) is 0 Å². The Balaban J connectivity index is 2.50. The summed E-state index contributed by atoms with van der Waals surface area (Å²) in [6, 6.07) is 0. The lowest BCUT2D eigenvalue weighted by Crippen LogP contribution is -2.40. The van der Waals surface area contributed by atoms with Gasteiger partial charge in [0, 0.05) is 6.20 Å². The normalized spacial score (nSPS) is 25.1. The number of alkyl halides is 3. The van der Waals surface area contributed by atoms with Crippen molar-refractivity contribution in [3.63, 3.8) is 0 Å². The largest absolute Gasteiger partial charge is 0.418 e. The van der Waals surface area contributed by atoms with Gasteiger partial charge >= 0.3 is 6.18 Å². The second-order valence-electron chi connectivity index (χ2n) is 3.73. The average Bonchev–Trinajstić information content (AvgIpc) is 2.52. The fraction of sp³-hybridized carbons (Fsp3) is 0.444. The van der Waals surface area contributed by atoms with E-state index in [9.17, 15) is 13.2 Å². The Hall–Kier alpha value is -1.66. The molecule has 0 aromatic heterocycles. The van der Waals surface area contributed by atoms with E-state index in [0.717, 1.165) is 6.20 Å². The van der Waals surface area contributed by atoms with E-state index in [1.165, 1.54) is 11.8 Å². The van der Waals surface area contributed by atoms with Crippen LogP contribution in [0, 0.1) is 0 Å². The van der Waals surface area contributed by atoms with Crippen molar-refractivity contribution >= 4 is 5.84 Å². The van der Waals surface area contributed by atoms with Crippen LogP contribution in [0.1, 0.15) is 13.8 Å². The number of hydrazone groups is 1. The highest BCUT2D eigenvalue weighted by Crippen LogP contribution is 2.36. The summed E-state index contributed by atoms with van der Waals surface area (Å²) in [6.07, 6.45) is -3.68. The van der Waals surface area contributed by atoms with Crippen LogP contribution >= 0.6 is 0 Å². The summed E-state index contributed by atoms with van der Waals surface area (Å²) in [7, 11) is 0. The molecular formula is C9H11F3N4. The first-order valence-electron chi connectivity index (χ1n) is 4.70. The molecule has 3 N–H and O–H groups in total. The number of nitrogens with one attached hydrogen (secondary N) is 1. The quantitative estimate of drug-likeness (QED) is 0.660. The Bertz CT molecular complexity index is 419. The number of rotatable bonds is 0. The van der Waals surface area contributed by atoms with Crippen LogP contribution in [0.15, 0.2) is 28.1 Å². The van der Waals surface area contributed by atoms with Gasteiger partial charge in [-0.25, -0.2) is 0 Å². The van der Waals surface area contributed by atoms with Crippen molar-refractivity contribution in [1.29, 1.82) is 0 Å². The standard InChI is InChI=1S/C9H11F3N4/c1-4-6(9(10,11)12)3-16-5(2)14-15-8(16)7(4)13/h3,5,14H,13H2,1-2H3. The van der Waals surface area contributed by atoms with Crippen molar-refractivity contribution in [2.45, 2.75) is 26.2 Å². The van der Waals surface area contributed by atoms with E-state index in [2.05, 4.69) is 10.5 Å². The maximum atomic E-state index is 12.7. The number of hydrogen-bond donors (Lipinski definition) is 2. The zero-order valence-corrected chi connectivity index (χ0v) is 8.76. The van der Waals surface area contributed by atoms with Crippen LogP contribution in [0.5, 0.6) is 0 Å². The molecule has 1 unspecified atom stereocenters. The number of halogens is 3. The molecule has 0 fully saturated rings. The van der Waals surface area contributed by atoms with Crippen molar-refractivity contribution in [2.24, 2.45) is 10.8 Å². The fourth-order valence-corrected chi connectivity index (χ4v) is 1.66. The summed E-state index contributed by atoms with van der Waals surface area (Å²) in [6.45, 7) is 3.05. The van der Waals surface area contributed by atoms with Gasteiger partial charge in [-0.3, -0.25) is 5.43 Å². The van der Waals surface area contributed by atoms with E-state index in [4.69, 9.17) is 5.73 Å². The molecule has 88 valence electrons. The van der Waals surface area contributed by atoms with Crippen LogP contribution in [-0.2, 0) is 0 Å². The topological polar surface area (TPSA) is 53.6 Å². The monoisotopic (exact) mass is 232 g/mol. The van der Waals surface area contributed by atoms with Crippen LogP contribution in [0.2, 0.25) is 0 Å². The van der Waals surface area contributed by atoms with Crippen LogP contribution < -0.4 is 11.2 Å². The molecule has 0 aromatic rings. The molecule has 2 aliphatic rings. The molecule has 0 aliphatic carbocycles. The van der Waals surface area contributed by atoms with Gasteiger partial charge in [-0.15, -0.1) is 0 Å². The average molecular weight is 232 g/mol. The minimum Gasteiger partial charge on any atom is -0.395 e. The summed E-state index contributed by atoms with van der Waals surface area (Å²) in [4.78, 5) is 1.38. The van der Waals surface area contributed by atoms with Crippen molar-refractivity contribution in [2.75, 3.05) is 0 Å². The lowest BCUT2D eigenvalue weighted by molar-refractivity contribution is -0.0904. The molecule has 0 spiro atoms. The molecule has 2 rings (SSSR count). The smallest absolute Gasteiger partial charge is 0.395 e. The van der Waals surface area contributed by atoms with Gasteiger partial charge in [-0.1, -0.05) is 0 Å². The zero-order valence-electron chi connectivity index (χ0n) is 8.76. The number of nitrogens with zero attached hydrogens (tertiary/aromatic N) is 2. The summed E-state index contributed by atoms with van der Waals surface area (Å²) in [5.74, 6) is 0.345. The third-order valence-corrected chi connectivity index (χ3v) is 2.64. The molecule has 7 heteroatoms. The Morgan fingerprint density at radius 2 is 2.12 bits per heavy atom. The molecule has 0 amide bonds. The van der Waals surface area contributed by atoms with Crippen molar-refractivity contribution in [3.05, 3.63) is 23.0 Å². The zero-order chi connectivity index (χ0) is 12.1. The molecule has 0 aromatic carbocycles. The molecule has 0 radical (unpaired) electrons. The van der Waals surface area contributed by atoms with Gasteiger partial charge in [0.05, 0.1) is 11.3 Å². The molecule has 16 heavy (non-hydrogen) atoms. The molecule has 0 saturated heterocycles. The summed E-state index contributed by atoms with van der Waals surface area (Å²) in [5, 5.41) is 3.88. The summed E-state index contributed by atoms with van der Waals surface area (Å²) >= 11 is 0. The molecule has 0 bridgehead atoms. The Kier molecular flexibility index (Phi) is 2.14. The SMILES string of the molecule is CC1=C(N)C2=NNC(C)N2C=C1C(F)(F)F. The van der Waals surface area contributed by atoms with Crippen molar-refractivity contribution < 1.29 is 13.2 Å². The van der Waals surface area contributed by atoms with Crippen LogP contribution in [-0.4, -0.2) is 23.1 Å². The molecule has 1 atom stereocenters. The number of nitrogens with two attached hydrogens (primary N) is 1. The number of allylic oxidation sites excluding steroid dienone is 2. The van der Waals surface area contributed by atoms with E-state index in [1.807, 2.05) is 0 Å². The molecule has 0 saturated carbocycles. The molecule has 2 aliphatic heterocycles. The first kappa shape index (κ1) is 10.8. The highest BCUT2D eigenvalue weighted by Gasteiger charge is 2.41. The van der Waals surface area contributed by atoms with Crippen LogP contribution in [0.3, 0.4) is 0 Å². The van der Waals surface area contributed by atoms with E-state index in [1.54, 1.807) is 6.92 Å². The van der Waals surface area contributed by atoms with Gasteiger partial charge < -0.3 is 10.6 Å². The molecular weight excluding hydrogens is 221 g/mol. The van der Waals surface area contributed by atoms with Crippen molar-refractivity contribution in [1.82, 2.24) is 10.3 Å². The second kappa shape index (κ2) is 3.16. The van der Waals surface area contributed by atoms with E-state index >= 15 is 0 Å². The van der Waals surface area contributed by atoms with Gasteiger partial charge in [0.1, 0.15) is 6.17 Å². The van der Waals surface area contributed by atoms with E-state index in [-0.39, 0.29) is 17.4 Å². The Morgan fingerprint density at radius 1 is 1.50 bits per heavy atom. The lowest BCUT2D eigenvalue weighted by Gasteiger charge is -2.28.